The van der Waals surface area contributed by atoms with E-state index in [1.165, 1.54) is 0 Å². The number of carbonyl (C=O) groups excluding carboxylic acids is 1. The van der Waals surface area contributed by atoms with Crippen molar-refractivity contribution in [3.05, 3.63) is 59.7 Å². The molecule has 0 spiro atoms. The Hall–Kier alpha value is -2.33. The molecule has 0 saturated heterocycles. The van der Waals surface area contributed by atoms with Crippen LogP contribution in [0.5, 0.6) is 0 Å². The fourth-order valence-electron chi connectivity index (χ4n) is 2.72. The number of benzene rings is 2. The largest absolute Gasteiger partial charge is 0.392 e. The average molecular weight is 282 g/mol. The summed E-state index contributed by atoms with van der Waals surface area (Å²) in [6.07, 6.45) is 0.780. The van der Waals surface area contributed by atoms with E-state index in [9.17, 15) is 4.79 Å². The molecule has 0 bridgehead atoms. The summed E-state index contributed by atoms with van der Waals surface area (Å²) in [5.41, 5.74) is 3.59. The highest BCUT2D eigenvalue weighted by Crippen LogP contribution is 2.32. The van der Waals surface area contributed by atoms with Gasteiger partial charge in [-0.15, -0.1) is 0 Å². The van der Waals surface area contributed by atoms with Gasteiger partial charge in [0.2, 0.25) is 5.91 Å². The van der Waals surface area contributed by atoms with Crippen LogP contribution < -0.4 is 10.6 Å². The van der Waals surface area contributed by atoms with E-state index in [4.69, 9.17) is 5.11 Å². The molecule has 1 heterocycles. The van der Waals surface area contributed by atoms with Crippen molar-refractivity contribution in [2.24, 2.45) is 0 Å². The fourth-order valence-corrected chi connectivity index (χ4v) is 2.72. The lowest BCUT2D eigenvalue weighted by Crippen LogP contribution is -2.27. The average Bonchev–Trinajstić information content (AvgIpc) is 2.54. The molecular weight excluding hydrogens is 264 g/mol. The zero-order valence-electron chi connectivity index (χ0n) is 11.7. The number of amides is 1. The second-order valence-corrected chi connectivity index (χ2v) is 5.20. The number of hydrogen-bond acceptors (Lipinski definition) is 3. The van der Waals surface area contributed by atoms with Gasteiger partial charge in [-0.05, 0) is 35.7 Å². The molecule has 108 valence electrons. The van der Waals surface area contributed by atoms with E-state index >= 15 is 0 Å². The number of carbonyl (C=O) groups is 1. The number of nitrogens with one attached hydrogen (secondary N) is 2. The summed E-state index contributed by atoms with van der Waals surface area (Å²) >= 11 is 0. The molecule has 0 radical (unpaired) electrons. The van der Waals surface area contributed by atoms with Gasteiger partial charge in [0.15, 0.2) is 0 Å². The highest BCUT2D eigenvalue weighted by Gasteiger charge is 2.26. The number of anilines is 2. The smallest absolute Gasteiger partial charge is 0.232 e. The van der Waals surface area contributed by atoms with Crippen LogP contribution in [-0.2, 0) is 11.4 Å². The molecule has 4 nitrogen and oxygen atoms in total. The topological polar surface area (TPSA) is 61.4 Å². The number of hydrogen-bond donors (Lipinski definition) is 3. The molecule has 1 unspecified atom stereocenters. The predicted molar refractivity (Wildman–Crippen MR) is 83.3 cm³/mol. The van der Waals surface area contributed by atoms with E-state index in [2.05, 4.69) is 10.6 Å². The van der Waals surface area contributed by atoms with Gasteiger partial charge in [0, 0.05) is 17.9 Å². The summed E-state index contributed by atoms with van der Waals surface area (Å²) in [4.78, 5) is 12.5. The first-order chi connectivity index (χ1) is 10.3. The second-order valence-electron chi connectivity index (χ2n) is 5.20. The molecular formula is C17H18N2O2. The van der Waals surface area contributed by atoms with Gasteiger partial charge in [0.25, 0.3) is 0 Å². The van der Waals surface area contributed by atoms with E-state index in [0.29, 0.717) is 0 Å². The first kappa shape index (κ1) is 13.6. The molecule has 4 heteroatoms. The Morgan fingerprint density at radius 3 is 2.95 bits per heavy atom. The number of aliphatic hydroxyl groups excluding tert-OH is 1. The maximum absolute atomic E-state index is 12.5. The van der Waals surface area contributed by atoms with Crippen molar-refractivity contribution in [2.45, 2.75) is 18.9 Å². The first-order valence-corrected chi connectivity index (χ1v) is 7.11. The van der Waals surface area contributed by atoms with Gasteiger partial charge < -0.3 is 15.7 Å². The number of rotatable bonds is 3. The van der Waals surface area contributed by atoms with Crippen LogP contribution in [0.4, 0.5) is 11.4 Å². The molecule has 1 aliphatic rings. The van der Waals surface area contributed by atoms with E-state index in [1.54, 1.807) is 6.07 Å². The Bertz CT molecular complexity index is 655. The molecule has 0 aromatic heterocycles. The minimum absolute atomic E-state index is 0.000889. The van der Waals surface area contributed by atoms with Crippen molar-refractivity contribution in [2.75, 3.05) is 17.2 Å². The van der Waals surface area contributed by atoms with Gasteiger partial charge in [-0.1, -0.05) is 30.3 Å². The third-order valence-electron chi connectivity index (χ3n) is 3.78. The van der Waals surface area contributed by atoms with E-state index in [-0.39, 0.29) is 18.4 Å². The highest BCUT2D eigenvalue weighted by molar-refractivity contribution is 5.97. The Labute approximate surface area is 123 Å². The highest BCUT2D eigenvalue weighted by atomic mass is 16.3. The van der Waals surface area contributed by atoms with Crippen LogP contribution in [-0.4, -0.2) is 17.6 Å². The van der Waals surface area contributed by atoms with Crippen LogP contribution >= 0.6 is 0 Å². The van der Waals surface area contributed by atoms with E-state index in [1.807, 2.05) is 42.5 Å². The molecule has 0 saturated carbocycles. The molecule has 1 atom stereocenters. The van der Waals surface area contributed by atoms with Crippen molar-refractivity contribution in [3.8, 4) is 0 Å². The SMILES string of the molecule is O=C(Nc1cccc(CO)c1)C1CCNc2ccccc21. The van der Waals surface area contributed by atoms with Crippen LogP contribution in [0.2, 0.25) is 0 Å². The minimum Gasteiger partial charge on any atom is -0.392 e. The first-order valence-electron chi connectivity index (χ1n) is 7.11. The fraction of sp³-hybridized carbons (Fsp3) is 0.235. The predicted octanol–water partition coefficient (Wildman–Crippen LogP) is 2.72. The Morgan fingerprint density at radius 1 is 1.24 bits per heavy atom. The Balaban J connectivity index is 1.80. The monoisotopic (exact) mass is 282 g/mol. The third-order valence-corrected chi connectivity index (χ3v) is 3.78. The van der Waals surface area contributed by atoms with E-state index in [0.717, 1.165) is 35.5 Å². The van der Waals surface area contributed by atoms with Gasteiger partial charge >= 0.3 is 0 Å². The lowest BCUT2D eigenvalue weighted by atomic mass is 9.90. The van der Waals surface area contributed by atoms with Crippen LogP contribution in [0.15, 0.2) is 48.5 Å². The molecule has 2 aromatic rings. The normalized spacial score (nSPS) is 16.7. The lowest BCUT2D eigenvalue weighted by molar-refractivity contribution is -0.117. The van der Waals surface area contributed by atoms with Gasteiger partial charge in [0.05, 0.1) is 12.5 Å². The van der Waals surface area contributed by atoms with Crippen molar-refractivity contribution in [1.82, 2.24) is 0 Å². The molecule has 21 heavy (non-hydrogen) atoms. The minimum atomic E-state index is -0.139. The zero-order chi connectivity index (χ0) is 14.7. The molecule has 0 aliphatic carbocycles. The van der Waals surface area contributed by atoms with Gasteiger partial charge in [-0.2, -0.15) is 0 Å². The van der Waals surface area contributed by atoms with Crippen LogP contribution in [0.25, 0.3) is 0 Å². The zero-order valence-corrected chi connectivity index (χ0v) is 11.7. The van der Waals surface area contributed by atoms with Crippen molar-refractivity contribution in [1.29, 1.82) is 0 Å². The van der Waals surface area contributed by atoms with Crippen molar-refractivity contribution < 1.29 is 9.90 Å². The Kier molecular flexibility index (Phi) is 3.88. The van der Waals surface area contributed by atoms with Crippen LogP contribution in [0.3, 0.4) is 0 Å². The van der Waals surface area contributed by atoms with Gasteiger partial charge in [-0.3, -0.25) is 4.79 Å². The standard InChI is InChI=1S/C17H18N2O2/c20-11-12-4-3-5-13(10-12)19-17(21)15-8-9-18-16-7-2-1-6-14(15)16/h1-7,10,15,18,20H,8-9,11H2,(H,19,21). The summed E-state index contributed by atoms with van der Waals surface area (Å²) < 4.78 is 0. The molecule has 1 aliphatic heterocycles. The maximum Gasteiger partial charge on any atom is 0.232 e. The summed E-state index contributed by atoms with van der Waals surface area (Å²) in [5.74, 6) is -0.140. The quantitative estimate of drug-likeness (QED) is 0.811. The van der Waals surface area contributed by atoms with Crippen molar-refractivity contribution in [3.63, 3.8) is 0 Å². The summed E-state index contributed by atoms with van der Waals surface area (Å²) in [5, 5.41) is 15.4. The summed E-state index contributed by atoms with van der Waals surface area (Å²) in [7, 11) is 0. The number of para-hydroxylation sites is 1. The molecule has 1 amide bonds. The molecule has 0 fully saturated rings. The van der Waals surface area contributed by atoms with Gasteiger partial charge in [-0.25, -0.2) is 0 Å². The van der Waals surface area contributed by atoms with Gasteiger partial charge in [0.1, 0.15) is 0 Å². The summed E-state index contributed by atoms with van der Waals surface area (Å²) in [6.45, 7) is 0.770. The maximum atomic E-state index is 12.5. The van der Waals surface area contributed by atoms with Crippen LogP contribution in [0.1, 0.15) is 23.5 Å². The second kappa shape index (κ2) is 5.97. The molecule has 2 aromatic carbocycles. The summed E-state index contributed by atoms with van der Waals surface area (Å²) in [6, 6.07) is 15.2. The molecule has 3 rings (SSSR count). The van der Waals surface area contributed by atoms with E-state index < -0.39 is 0 Å². The lowest BCUT2D eigenvalue weighted by Gasteiger charge is -2.25. The number of aliphatic hydroxyl groups is 1. The van der Waals surface area contributed by atoms with Crippen molar-refractivity contribution >= 4 is 17.3 Å². The van der Waals surface area contributed by atoms with Crippen LogP contribution in [0, 0.1) is 0 Å². The Morgan fingerprint density at radius 2 is 2.10 bits per heavy atom. The number of fused-ring (bicyclic) bond motifs is 1. The third kappa shape index (κ3) is 2.90. The molecule has 3 N–H and O–H groups in total.